The van der Waals surface area contributed by atoms with E-state index < -0.39 is 0 Å². The number of amides is 1. The van der Waals surface area contributed by atoms with Gasteiger partial charge in [-0.3, -0.25) is 4.79 Å². The van der Waals surface area contributed by atoms with Gasteiger partial charge in [0, 0.05) is 57.1 Å². The van der Waals surface area contributed by atoms with Crippen LogP contribution in [0.25, 0.3) is 11.0 Å². The zero-order chi connectivity index (χ0) is 28.7. The standard InChI is InChI=1S/C34H39N7O/c1-38(33(42)28-13-6-3-7-14-28)25-29(27-11-4-2-5-12-27)17-22-39-20-10-21-40(24-23-39)34-37-30-15-8-9-16-31(30)41(34)26-32-35-18-19-36-32/h2-9,11-16,18-19,29H,10,17,20-26H2,1H3,(H,35,36). The number of carbonyl (C=O) groups is 1. The molecule has 3 heterocycles. The first-order valence-electron chi connectivity index (χ1n) is 14.9. The number of nitrogens with one attached hydrogen (secondary N) is 1. The van der Waals surface area contributed by atoms with Crippen molar-refractivity contribution in [2.24, 2.45) is 0 Å². The average molecular weight is 562 g/mol. The van der Waals surface area contributed by atoms with E-state index in [1.54, 1.807) is 6.20 Å². The van der Waals surface area contributed by atoms with Gasteiger partial charge in [0.2, 0.25) is 5.95 Å². The van der Waals surface area contributed by atoms with Crippen LogP contribution in [-0.4, -0.2) is 81.5 Å². The van der Waals surface area contributed by atoms with Crippen LogP contribution in [0, 0.1) is 0 Å². The van der Waals surface area contributed by atoms with Crippen molar-refractivity contribution in [3.63, 3.8) is 0 Å². The summed E-state index contributed by atoms with van der Waals surface area (Å²) < 4.78 is 2.29. The molecule has 0 aliphatic carbocycles. The fourth-order valence-electron chi connectivity index (χ4n) is 6.03. The quantitative estimate of drug-likeness (QED) is 0.252. The van der Waals surface area contributed by atoms with Crippen molar-refractivity contribution < 1.29 is 4.79 Å². The van der Waals surface area contributed by atoms with E-state index in [0.717, 1.165) is 73.9 Å². The molecule has 3 aromatic carbocycles. The Morgan fingerprint density at radius 3 is 2.48 bits per heavy atom. The molecule has 1 unspecified atom stereocenters. The van der Waals surface area contributed by atoms with Crippen LogP contribution < -0.4 is 4.90 Å². The number of H-pyrrole nitrogens is 1. The largest absolute Gasteiger partial charge is 0.347 e. The minimum Gasteiger partial charge on any atom is -0.347 e. The Kier molecular flexibility index (Phi) is 8.61. The number of imidazole rings is 2. The van der Waals surface area contributed by atoms with Crippen LogP contribution in [0.15, 0.2) is 97.3 Å². The second kappa shape index (κ2) is 13.0. The van der Waals surface area contributed by atoms with E-state index >= 15 is 0 Å². The van der Waals surface area contributed by atoms with Gasteiger partial charge in [-0.15, -0.1) is 0 Å². The summed E-state index contributed by atoms with van der Waals surface area (Å²) in [5, 5.41) is 0. The van der Waals surface area contributed by atoms with Gasteiger partial charge in [-0.25, -0.2) is 9.97 Å². The molecular formula is C34H39N7O. The van der Waals surface area contributed by atoms with E-state index in [1.165, 1.54) is 5.56 Å². The highest BCUT2D eigenvalue weighted by molar-refractivity contribution is 5.94. The number of aromatic nitrogens is 4. The minimum atomic E-state index is 0.0689. The third-order valence-electron chi connectivity index (χ3n) is 8.29. The maximum Gasteiger partial charge on any atom is 0.253 e. The van der Waals surface area contributed by atoms with Crippen LogP contribution in [-0.2, 0) is 6.54 Å². The molecule has 2 aromatic heterocycles. The van der Waals surface area contributed by atoms with Crippen molar-refractivity contribution in [3.8, 4) is 0 Å². The highest BCUT2D eigenvalue weighted by atomic mass is 16.2. The van der Waals surface area contributed by atoms with Gasteiger partial charge in [-0.1, -0.05) is 60.7 Å². The summed E-state index contributed by atoms with van der Waals surface area (Å²) in [5.41, 5.74) is 4.16. The second-order valence-electron chi connectivity index (χ2n) is 11.2. The molecule has 1 amide bonds. The number of hydrogen-bond donors (Lipinski definition) is 1. The zero-order valence-corrected chi connectivity index (χ0v) is 24.3. The molecule has 0 spiro atoms. The van der Waals surface area contributed by atoms with Crippen molar-refractivity contribution in [1.82, 2.24) is 29.3 Å². The molecule has 5 aromatic rings. The number of rotatable bonds is 10. The average Bonchev–Trinajstić information content (AvgIpc) is 3.62. The first-order chi connectivity index (χ1) is 20.7. The van der Waals surface area contributed by atoms with Gasteiger partial charge in [0.25, 0.3) is 5.91 Å². The molecule has 1 aliphatic rings. The normalized spacial score (nSPS) is 15.0. The second-order valence-corrected chi connectivity index (χ2v) is 11.2. The SMILES string of the molecule is CN(CC(CCN1CCCN(c2nc3ccccc3n2Cc2ncc[nH]2)CC1)c1ccccc1)C(=O)c1ccccc1. The molecule has 216 valence electrons. The summed E-state index contributed by atoms with van der Waals surface area (Å²) in [7, 11) is 1.92. The molecule has 0 saturated carbocycles. The summed E-state index contributed by atoms with van der Waals surface area (Å²) in [4.78, 5) is 32.8. The number of fused-ring (bicyclic) bond motifs is 1. The third-order valence-corrected chi connectivity index (χ3v) is 8.29. The van der Waals surface area contributed by atoms with E-state index in [0.29, 0.717) is 13.1 Å². The van der Waals surface area contributed by atoms with E-state index in [4.69, 9.17) is 4.98 Å². The Labute approximate surface area is 247 Å². The van der Waals surface area contributed by atoms with Gasteiger partial charge in [-0.2, -0.15) is 0 Å². The zero-order valence-electron chi connectivity index (χ0n) is 24.3. The monoisotopic (exact) mass is 561 g/mol. The Morgan fingerprint density at radius 2 is 1.69 bits per heavy atom. The minimum absolute atomic E-state index is 0.0689. The number of benzene rings is 3. The molecule has 1 fully saturated rings. The highest BCUT2D eigenvalue weighted by Gasteiger charge is 2.23. The van der Waals surface area contributed by atoms with Crippen LogP contribution in [0.2, 0.25) is 0 Å². The summed E-state index contributed by atoms with van der Waals surface area (Å²) in [5.74, 6) is 2.27. The van der Waals surface area contributed by atoms with Crippen molar-refractivity contribution >= 4 is 22.9 Å². The number of aromatic amines is 1. The van der Waals surface area contributed by atoms with Crippen LogP contribution in [0.3, 0.4) is 0 Å². The van der Waals surface area contributed by atoms with Crippen molar-refractivity contribution in [1.29, 1.82) is 0 Å². The lowest BCUT2D eigenvalue weighted by molar-refractivity contribution is 0.0782. The van der Waals surface area contributed by atoms with Crippen LogP contribution in [0.4, 0.5) is 5.95 Å². The Hall–Kier alpha value is -4.43. The predicted octanol–water partition coefficient (Wildman–Crippen LogP) is 5.27. The fraction of sp³-hybridized carbons (Fsp3) is 0.324. The summed E-state index contributed by atoms with van der Waals surface area (Å²) in [6.45, 7) is 6.26. The molecule has 0 radical (unpaired) electrons. The number of likely N-dealkylation sites (N-methyl/N-ethyl adjacent to an activating group) is 1. The first kappa shape index (κ1) is 27.7. The maximum absolute atomic E-state index is 13.1. The van der Waals surface area contributed by atoms with Crippen LogP contribution >= 0.6 is 0 Å². The topological polar surface area (TPSA) is 73.3 Å². The van der Waals surface area contributed by atoms with Gasteiger partial charge >= 0.3 is 0 Å². The molecule has 1 atom stereocenters. The van der Waals surface area contributed by atoms with E-state index in [9.17, 15) is 4.79 Å². The lowest BCUT2D eigenvalue weighted by atomic mass is 9.94. The Morgan fingerprint density at radius 1 is 0.929 bits per heavy atom. The molecule has 1 saturated heterocycles. The molecule has 0 bridgehead atoms. The summed E-state index contributed by atoms with van der Waals surface area (Å²) >= 11 is 0. The predicted molar refractivity (Wildman–Crippen MR) is 168 cm³/mol. The Balaban J connectivity index is 1.13. The van der Waals surface area contributed by atoms with Crippen molar-refractivity contribution in [2.75, 3.05) is 51.2 Å². The van der Waals surface area contributed by atoms with Gasteiger partial charge in [0.15, 0.2) is 0 Å². The van der Waals surface area contributed by atoms with E-state index in [-0.39, 0.29) is 11.8 Å². The lowest BCUT2D eigenvalue weighted by Crippen LogP contribution is -2.35. The first-order valence-corrected chi connectivity index (χ1v) is 14.9. The smallest absolute Gasteiger partial charge is 0.253 e. The number of nitrogens with zero attached hydrogens (tertiary/aromatic N) is 6. The van der Waals surface area contributed by atoms with Gasteiger partial charge < -0.3 is 24.3 Å². The van der Waals surface area contributed by atoms with Crippen molar-refractivity contribution in [3.05, 3.63) is 114 Å². The third kappa shape index (κ3) is 6.39. The molecule has 42 heavy (non-hydrogen) atoms. The van der Waals surface area contributed by atoms with Crippen LogP contribution in [0.1, 0.15) is 40.5 Å². The molecular weight excluding hydrogens is 522 g/mol. The molecule has 1 N–H and O–H groups in total. The highest BCUT2D eigenvalue weighted by Crippen LogP contribution is 2.26. The molecule has 8 nitrogen and oxygen atoms in total. The van der Waals surface area contributed by atoms with Crippen LogP contribution in [0.5, 0.6) is 0 Å². The van der Waals surface area contributed by atoms with Gasteiger partial charge in [0.05, 0.1) is 17.6 Å². The lowest BCUT2D eigenvalue weighted by Gasteiger charge is -2.28. The molecule has 8 heteroatoms. The number of para-hydroxylation sites is 2. The fourth-order valence-corrected chi connectivity index (χ4v) is 6.03. The number of hydrogen-bond acceptors (Lipinski definition) is 5. The molecule has 1 aliphatic heterocycles. The Bertz CT molecular complexity index is 1570. The van der Waals surface area contributed by atoms with Gasteiger partial charge in [0.1, 0.15) is 5.82 Å². The van der Waals surface area contributed by atoms with E-state index in [2.05, 4.69) is 78.9 Å². The maximum atomic E-state index is 13.1. The summed E-state index contributed by atoms with van der Waals surface area (Å²) in [6.07, 6.45) is 5.74. The molecule has 6 rings (SSSR count). The van der Waals surface area contributed by atoms with Crippen molar-refractivity contribution in [2.45, 2.75) is 25.3 Å². The number of carbonyl (C=O) groups excluding carboxylic acids is 1. The van der Waals surface area contributed by atoms with Gasteiger partial charge in [-0.05, 0) is 55.8 Å². The number of anilines is 1. The van der Waals surface area contributed by atoms with E-state index in [1.807, 2.05) is 48.5 Å². The summed E-state index contributed by atoms with van der Waals surface area (Å²) in [6, 6.07) is 28.6.